The van der Waals surface area contributed by atoms with Gasteiger partial charge in [-0.15, -0.1) is 11.8 Å². The van der Waals surface area contributed by atoms with Crippen LogP contribution < -0.4 is 20.7 Å². The summed E-state index contributed by atoms with van der Waals surface area (Å²) < 4.78 is 53.4. The van der Waals surface area contributed by atoms with Crippen LogP contribution in [0.25, 0.3) is 11.1 Å². The molecule has 3 aliphatic rings. The fourth-order valence-electron chi connectivity index (χ4n) is 8.41. The van der Waals surface area contributed by atoms with E-state index in [9.17, 15) is 22.2 Å². The molecule has 1 spiro atoms. The van der Waals surface area contributed by atoms with Gasteiger partial charge in [0.1, 0.15) is 0 Å². The van der Waals surface area contributed by atoms with Crippen LogP contribution in [-0.4, -0.2) is 72.1 Å². The number of anilines is 2. The number of alkyl halides is 3. The molecule has 334 valence electrons. The summed E-state index contributed by atoms with van der Waals surface area (Å²) in [7, 11) is -2.06. The first-order valence-electron chi connectivity index (χ1n) is 21.6. The van der Waals surface area contributed by atoms with Crippen LogP contribution in [0.5, 0.6) is 0 Å². The zero-order valence-electron chi connectivity index (χ0n) is 35.3. The van der Waals surface area contributed by atoms with Gasteiger partial charge in [-0.1, -0.05) is 66.2 Å². The highest BCUT2D eigenvalue weighted by Crippen LogP contribution is 2.40. The molecule has 0 aliphatic carbocycles. The summed E-state index contributed by atoms with van der Waals surface area (Å²) in [6.45, 7) is 8.28. The van der Waals surface area contributed by atoms with Gasteiger partial charge in [0.2, 0.25) is 0 Å². The third-order valence-electron chi connectivity index (χ3n) is 12.2. The number of nitrogens with zero attached hydrogens (tertiary/aromatic N) is 2. The SMILES string of the molecule is Nc1ccc(S(=O)NC(=O)c2ccc(N3CCC(Cc4ccccc4-c4ccc(Cl)cc4)CC3)cc2)cc1SC(F)(F)F.c1ccc(SCCCCN2CCC3(CC2)CNC3)cc1. The Bertz CT molecular complexity index is 2260. The summed E-state index contributed by atoms with van der Waals surface area (Å²) >= 11 is 7.68. The molecule has 1 atom stereocenters. The predicted octanol–water partition coefficient (Wildman–Crippen LogP) is 11.4. The second-order valence-electron chi connectivity index (χ2n) is 16.6. The summed E-state index contributed by atoms with van der Waals surface area (Å²) in [6.07, 6.45) is 8.58. The summed E-state index contributed by atoms with van der Waals surface area (Å²) in [5.74, 6) is 1.21. The van der Waals surface area contributed by atoms with Crippen LogP contribution in [0.3, 0.4) is 0 Å². The van der Waals surface area contributed by atoms with Gasteiger partial charge in [0.25, 0.3) is 5.91 Å². The lowest BCUT2D eigenvalue weighted by Gasteiger charge is -2.48. The Labute approximate surface area is 385 Å². The van der Waals surface area contributed by atoms with E-state index in [1.54, 1.807) is 12.1 Å². The molecule has 3 fully saturated rings. The van der Waals surface area contributed by atoms with E-state index in [4.69, 9.17) is 17.3 Å². The van der Waals surface area contributed by atoms with E-state index in [1.807, 2.05) is 36.0 Å². The molecule has 1 unspecified atom stereocenters. The van der Waals surface area contributed by atoms with Crippen molar-refractivity contribution in [2.75, 3.05) is 62.2 Å². The monoisotopic (exact) mass is 933 g/mol. The largest absolute Gasteiger partial charge is 0.446 e. The molecule has 0 radical (unpaired) electrons. The number of thioether (sulfide) groups is 2. The minimum atomic E-state index is -4.54. The number of carbonyl (C=O) groups excluding carboxylic acids is 1. The molecule has 14 heteroatoms. The average Bonchev–Trinajstić information content (AvgIpc) is 3.28. The van der Waals surface area contributed by atoms with E-state index in [0.29, 0.717) is 16.9 Å². The molecule has 5 aromatic carbocycles. The Morgan fingerprint density at radius 1 is 0.857 bits per heavy atom. The standard InChI is InChI=1S/C32H29ClF3N3O2S2.C17H26N2S/c33-25-9-5-22(6-10-25)28-4-2-1-3-24(28)19-21-15-17-39(18-16-21)26-11-7-23(8-12-26)31(40)38-43(41)27-13-14-29(37)30(20-27)42-32(34,35)36;1-2-6-16(7-3-1)20-13-5-4-10-19-11-8-17(9-12-19)14-18-15-17/h1-14,20-21H,15-19,37H2,(H,38,40);1-3,6-7,18H,4-5,8-15H2. The number of likely N-dealkylation sites (tertiary alicyclic amines) is 1. The minimum absolute atomic E-state index is 0.0181. The molecule has 8 rings (SSSR count). The van der Waals surface area contributed by atoms with E-state index in [1.165, 1.54) is 92.3 Å². The average molecular weight is 935 g/mol. The number of nitrogens with one attached hydrogen (secondary N) is 2. The number of nitrogens with two attached hydrogens (primary N) is 1. The van der Waals surface area contributed by atoms with E-state index >= 15 is 0 Å². The van der Waals surface area contributed by atoms with Crippen LogP contribution in [0, 0.1) is 11.3 Å². The zero-order valence-corrected chi connectivity index (χ0v) is 38.5. The van der Waals surface area contributed by atoms with Crippen molar-refractivity contribution in [2.24, 2.45) is 11.3 Å². The van der Waals surface area contributed by atoms with Crippen molar-refractivity contribution >= 4 is 63.4 Å². The molecule has 63 heavy (non-hydrogen) atoms. The lowest BCUT2D eigenvalue weighted by atomic mass is 9.73. The fourth-order valence-corrected chi connectivity index (χ4v) is 11.0. The van der Waals surface area contributed by atoms with Gasteiger partial charge in [0, 0.05) is 57.9 Å². The molecule has 3 saturated heterocycles. The number of halogens is 4. The van der Waals surface area contributed by atoms with Crippen molar-refractivity contribution in [2.45, 2.75) is 65.1 Å². The number of hydrogen-bond acceptors (Lipinski definition) is 8. The first-order chi connectivity index (χ1) is 30.4. The van der Waals surface area contributed by atoms with Crippen LogP contribution in [0.2, 0.25) is 5.02 Å². The second-order valence-corrected chi connectivity index (χ2v) is 20.5. The van der Waals surface area contributed by atoms with Crippen molar-refractivity contribution in [3.63, 3.8) is 0 Å². The number of rotatable bonds is 14. The van der Waals surface area contributed by atoms with Crippen molar-refractivity contribution in [3.05, 3.63) is 137 Å². The number of amides is 1. The van der Waals surface area contributed by atoms with Gasteiger partial charge in [-0.25, -0.2) is 4.21 Å². The van der Waals surface area contributed by atoms with Crippen molar-refractivity contribution < 1.29 is 22.2 Å². The minimum Gasteiger partial charge on any atom is -0.398 e. The quantitative estimate of drug-likeness (QED) is 0.0576. The third-order valence-corrected chi connectivity index (χ3v) is 15.4. The Morgan fingerprint density at radius 2 is 1.54 bits per heavy atom. The number of nitrogen functional groups attached to an aromatic ring is 1. The van der Waals surface area contributed by atoms with Gasteiger partial charge in [-0.2, -0.15) is 13.2 Å². The van der Waals surface area contributed by atoms with Crippen LogP contribution in [0.1, 0.15) is 54.4 Å². The molecule has 1 amide bonds. The maximum Gasteiger partial charge on any atom is 0.446 e. The lowest BCUT2D eigenvalue weighted by molar-refractivity contribution is -0.0328. The lowest BCUT2D eigenvalue weighted by Crippen LogP contribution is -2.58. The maximum atomic E-state index is 12.8. The van der Waals surface area contributed by atoms with Gasteiger partial charge < -0.3 is 20.9 Å². The van der Waals surface area contributed by atoms with Crippen LogP contribution in [-0.2, 0) is 17.4 Å². The predicted molar refractivity (Wildman–Crippen MR) is 256 cm³/mol. The van der Waals surface area contributed by atoms with Crippen molar-refractivity contribution in [1.82, 2.24) is 14.9 Å². The Hall–Kier alpha value is -3.98. The topological polar surface area (TPSA) is 90.7 Å². The van der Waals surface area contributed by atoms with Gasteiger partial charge in [0.05, 0.1) is 4.90 Å². The first-order valence-corrected chi connectivity index (χ1v) is 24.9. The molecule has 7 nitrogen and oxygen atoms in total. The fraction of sp³-hybridized carbons (Fsp3) is 0.367. The van der Waals surface area contributed by atoms with Gasteiger partial charge in [-0.3, -0.25) is 9.52 Å². The first kappa shape index (κ1) is 47.0. The van der Waals surface area contributed by atoms with Crippen LogP contribution in [0.15, 0.2) is 136 Å². The van der Waals surface area contributed by atoms with Crippen molar-refractivity contribution in [1.29, 1.82) is 0 Å². The molecule has 0 saturated carbocycles. The second kappa shape index (κ2) is 22.3. The molecular formula is C49H55ClF3N5O2S3. The molecule has 5 aromatic rings. The van der Waals surface area contributed by atoms with E-state index in [0.717, 1.165) is 54.7 Å². The van der Waals surface area contributed by atoms with Gasteiger partial charge in [-0.05, 0) is 177 Å². The molecule has 0 bridgehead atoms. The van der Waals surface area contributed by atoms with Crippen LogP contribution in [0.4, 0.5) is 24.5 Å². The Balaban J connectivity index is 0.000000247. The zero-order chi connectivity index (χ0) is 44.2. The van der Waals surface area contributed by atoms with Gasteiger partial charge in [0.15, 0.2) is 11.0 Å². The van der Waals surface area contributed by atoms with Gasteiger partial charge >= 0.3 is 5.51 Å². The van der Waals surface area contributed by atoms with E-state index in [2.05, 4.69) is 86.6 Å². The normalized spacial score (nSPS) is 17.0. The number of carbonyl (C=O) groups is 1. The highest BCUT2D eigenvalue weighted by atomic mass is 35.5. The maximum absolute atomic E-state index is 12.8. The molecule has 3 heterocycles. The summed E-state index contributed by atoms with van der Waals surface area (Å²) in [5.41, 5.74) is 6.69. The van der Waals surface area contributed by atoms with E-state index in [-0.39, 0.29) is 15.5 Å². The number of piperidine rings is 2. The summed E-state index contributed by atoms with van der Waals surface area (Å²) in [5, 5.41) is 4.16. The summed E-state index contributed by atoms with van der Waals surface area (Å²) in [6, 6.07) is 37.9. The van der Waals surface area contributed by atoms with E-state index < -0.39 is 34.2 Å². The third kappa shape index (κ3) is 13.8. The Morgan fingerprint density at radius 3 is 2.21 bits per heavy atom. The van der Waals surface area contributed by atoms with Crippen LogP contribution >= 0.6 is 35.1 Å². The summed E-state index contributed by atoms with van der Waals surface area (Å²) in [4.78, 5) is 18.8. The molecule has 0 aromatic heterocycles. The number of hydrogen-bond donors (Lipinski definition) is 3. The Kier molecular flexibility index (Phi) is 16.6. The molecule has 3 aliphatic heterocycles. The van der Waals surface area contributed by atoms with Crippen molar-refractivity contribution in [3.8, 4) is 11.1 Å². The molecule has 4 N–H and O–H groups in total. The number of unbranched alkanes of at least 4 members (excludes halogenated alkanes) is 1. The highest BCUT2D eigenvalue weighted by Gasteiger charge is 2.39. The highest BCUT2D eigenvalue weighted by molar-refractivity contribution is 8.00. The number of benzene rings is 5. The smallest absolute Gasteiger partial charge is 0.398 e. The molecular weight excluding hydrogens is 879 g/mol.